The standard InChI is InChI=1S/C17H19BrN2O3/c18-14-4-1-13(2-5-14)3-6-15(21)19-9-7-17(8-10-19)11-20(12-17)16(22)23/h1-6H,7-12H2,(H,22,23)/b6-3+. The number of hydrogen-bond acceptors (Lipinski definition) is 2. The summed E-state index contributed by atoms with van der Waals surface area (Å²) in [5.74, 6) is 0.0252. The van der Waals surface area contributed by atoms with Gasteiger partial charge in [-0.05, 0) is 36.6 Å². The van der Waals surface area contributed by atoms with Gasteiger partial charge in [-0.3, -0.25) is 4.79 Å². The highest BCUT2D eigenvalue weighted by molar-refractivity contribution is 9.10. The first-order valence-corrected chi connectivity index (χ1v) is 8.47. The molecule has 2 saturated heterocycles. The monoisotopic (exact) mass is 378 g/mol. The molecule has 2 heterocycles. The van der Waals surface area contributed by atoms with Gasteiger partial charge in [0.2, 0.25) is 5.91 Å². The van der Waals surface area contributed by atoms with E-state index in [1.54, 1.807) is 6.08 Å². The number of carbonyl (C=O) groups excluding carboxylic acids is 1. The number of piperidine rings is 1. The molecule has 3 rings (SSSR count). The van der Waals surface area contributed by atoms with Gasteiger partial charge in [-0.2, -0.15) is 0 Å². The number of rotatable bonds is 2. The molecule has 0 radical (unpaired) electrons. The lowest BCUT2D eigenvalue weighted by molar-refractivity contribution is -0.130. The molecule has 1 aromatic rings. The van der Waals surface area contributed by atoms with E-state index in [4.69, 9.17) is 5.11 Å². The van der Waals surface area contributed by atoms with Gasteiger partial charge in [0, 0.05) is 42.1 Å². The molecule has 0 aliphatic carbocycles. The summed E-state index contributed by atoms with van der Waals surface area (Å²) in [6, 6.07) is 7.79. The van der Waals surface area contributed by atoms with Crippen molar-refractivity contribution in [3.8, 4) is 0 Å². The second kappa shape index (κ2) is 6.35. The number of halogens is 1. The molecule has 2 fully saturated rings. The summed E-state index contributed by atoms with van der Waals surface area (Å²) >= 11 is 3.38. The Morgan fingerprint density at radius 3 is 2.26 bits per heavy atom. The number of benzene rings is 1. The van der Waals surface area contributed by atoms with Crippen LogP contribution in [0.2, 0.25) is 0 Å². The third kappa shape index (κ3) is 3.58. The molecular formula is C17H19BrN2O3. The number of carboxylic acid groups (broad SMARTS) is 1. The van der Waals surface area contributed by atoms with Crippen molar-refractivity contribution >= 4 is 34.0 Å². The average Bonchev–Trinajstić information content (AvgIpc) is 2.51. The summed E-state index contributed by atoms with van der Waals surface area (Å²) in [6.45, 7) is 2.63. The normalized spacial score (nSPS) is 19.9. The molecule has 2 aliphatic heterocycles. The van der Waals surface area contributed by atoms with E-state index in [9.17, 15) is 9.59 Å². The Morgan fingerprint density at radius 1 is 1.09 bits per heavy atom. The second-order valence-corrected chi connectivity index (χ2v) is 7.26. The number of amides is 2. The van der Waals surface area contributed by atoms with Crippen molar-refractivity contribution in [3.63, 3.8) is 0 Å². The van der Waals surface area contributed by atoms with E-state index in [2.05, 4.69) is 15.9 Å². The van der Waals surface area contributed by atoms with Crippen LogP contribution >= 0.6 is 15.9 Å². The van der Waals surface area contributed by atoms with Crippen LogP contribution in [0.1, 0.15) is 18.4 Å². The lowest BCUT2D eigenvalue weighted by Gasteiger charge is -2.52. The van der Waals surface area contributed by atoms with Crippen molar-refractivity contribution in [2.75, 3.05) is 26.2 Å². The first-order chi connectivity index (χ1) is 11.0. The van der Waals surface area contributed by atoms with Crippen LogP contribution in [-0.2, 0) is 4.79 Å². The maximum Gasteiger partial charge on any atom is 0.407 e. The van der Waals surface area contributed by atoms with E-state index >= 15 is 0 Å². The van der Waals surface area contributed by atoms with E-state index in [1.165, 1.54) is 4.90 Å². The lowest BCUT2D eigenvalue weighted by Crippen LogP contribution is -2.61. The van der Waals surface area contributed by atoms with E-state index in [-0.39, 0.29) is 11.3 Å². The van der Waals surface area contributed by atoms with Gasteiger partial charge < -0.3 is 14.9 Å². The minimum atomic E-state index is -0.841. The molecule has 0 bridgehead atoms. The largest absolute Gasteiger partial charge is 0.465 e. The summed E-state index contributed by atoms with van der Waals surface area (Å²) in [5, 5.41) is 8.93. The van der Waals surface area contributed by atoms with Gasteiger partial charge in [-0.25, -0.2) is 4.79 Å². The zero-order chi connectivity index (χ0) is 16.4. The van der Waals surface area contributed by atoms with E-state index in [0.717, 1.165) is 22.9 Å². The highest BCUT2D eigenvalue weighted by Crippen LogP contribution is 2.40. The smallest absolute Gasteiger partial charge is 0.407 e. The molecule has 0 unspecified atom stereocenters. The van der Waals surface area contributed by atoms with E-state index in [0.29, 0.717) is 26.2 Å². The Bertz CT molecular complexity index is 626. The summed E-state index contributed by atoms with van der Waals surface area (Å²) in [7, 11) is 0. The Kier molecular flexibility index (Phi) is 4.43. The molecule has 122 valence electrons. The van der Waals surface area contributed by atoms with Gasteiger partial charge in [0.25, 0.3) is 0 Å². The van der Waals surface area contributed by atoms with Crippen LogP contribution in [0.4, 0.5) is 4.79 Å². The van der Waals surface area contributed by atoms with Gasteiger partial charge in [-0.15, -0.1) is 0 Å². The van der Waals surface area contributed by atoms with Crippen molar-refractivity contribution in [2.45, 2.75) is 12.8 Å². The molecule has 0 atom stereocenters. The molecule has 1 aromatic carbocycles. The predicted molar refractivity (Wildman–Crippen MR) is 91.0 cm³/mol. The fraction of sp³-hybridized carbons (Fsp3) is 0.412. The van der Waals surface area contributed by atoms with Gasteiger partial charge in [0.15, 0.2) is 0 Å². The van der Waals surface area contributed by atoms with Crippen LogP contribution in [0.3, 0.4) is 0 Å². The number of carbonyl (C=O) groups is 2. The van der Waals surface area contributed by atoms with Gasteiger partial charge >= 0.3 is 6.09 Å². The second-order valence-electron chi connectivity index (χ2n) is 6.35. The van der Waals surface area contributed by atoms with Crippen LogP contribution in [-0.4, -0.2) is 53.1 Å². The maximum atomic E-state index is 12.3. The zero-order valence-corrected chi connectivity index (χ0v) is 14.3. The molecule has 6 heteroatoms. The fourth-order valence-corrected chi connectivity index (χ4v) is 3.53. The number of likely N-dealkylation sites (tertiary alicyclic amines) is 2. The summed E-state index contributed by atoms with van der Waals surface area (Å²) in [5.41, 5.74) is 1.09. The molecule has 5 nitrogen and oxygen atoms in total. The average molecular weight is 379 g/mol. The zero-order valence-electron chi connectivity index (χ0n) is 12.7. The summed E-state index contributed by atoms with van der Waals surface area (Å²) < 4.78 is 1.01. The minimum absolute atomic E-state index is 0.0252. The third-order valence-corrected chi connectivity index (χ3v) is 5.28. The molecule has 1 N–H and O–H groups in total. The van der Waals surface area contributed by atoms with Crippen LogP contribution < -0.4 is 0 Å². The van der Waals surface area contributed by atoms with Gasteiger partial charge in [0.05, 0.1) is 0 Å². The SMILES string of the molecule is O=C(O)N1CC2(CCN(C(=O)/C=C/c3ccc(Br)cc3)CC2)C1. The van der Waals surface area contributed by atoms with Crippen molar-refractivity contribution in [1.29, 1.82) is 0 Å². The lowest BCUT2D eigenvalue weighted by atomic mass is 9.72. The van der Waals surface area contributed by atoms with Crippen LogP contribution in [0.15, 0.2) is 34.8 Å². The first kappa shape index (κ1) is 16.1. The van der Waals surface area contributed by atoms with Gasteiger partial charge in [-0.1, -0.05) is 28.1 Å². The van der Waals surface area contributed by atoms with Crippen molar-refractivity contribution < 1.29 is 14.7 Å². The maximum absolute atomic E-state index is 12.3. The number of hydrogen-bond donors (Lipinski definition) is 1. The molecule has 2 aliphatic rings. The van der Waals surface area contributed by atoms with E-state index in [1.807, 2.05) is 35.2 Å². The van der Waals surface area contributed by atoms with E-state index < -0.39 is 6.09 Å². The van der Waals surface area contributed by atoms with Crippen molar-refractivity contribution in [3.05, 3.63) is 40.4 Å². The molecular weight excluding hydrogens is 360 g/mol. The highest BCUT2D eigenvalue weighted by Gasteiger charge is 2.47. The Labute approximate surface area is 143 Å². The minimum Gasteiger partial charge on any atom is -0.465 e. The fourth-order valence-electron chi connectivity index (χ4n) is 3.26. The predicted octanol–water partition coefficient (Wildman–Crippen LogP) is 3.06. The first-order valence-electron chi connectivity index (χ1n) is 7.68. The van der Waals surface area contributed by atoms with Crippen molar-refractivity contribution in [1.82, 2.24) is 9.80 Å². The highest BCUT2D eigenvalue weighted by atomic mass is 79.9. The molecule has 0 aromatic heterocycles. The Hall–Kier alpha value is -1.82. The number of nitrogens with zero attached hydrogens (tertiary/aromatic N) is 2. The molecule has 2 amide bonds. The quantitative estimate of drug-likeness (QED) is 0.804. The molecule has 0 saturated carbocycles. The Morgan fingerprint density at radius 2 is 1.70 bits per heavy atom. The van der Waals surface area contributed by atoms with Crippen LogP contribution in [0, 0.1) is 5.41 Å². The topological polar surface area (TPSA) is 60.9 Å². The van der Waals surface area contributed by atoms with Crippen LogP contribution in [0.5, 0.6) is 0 Å². The third-order valence-electron chi connectivity index (χ3n) is 4.75. The van der Waals surface area contributed by atoms with Crippen LogP contribution in [0.25, 0.3) is 6.08 Å². The van der Waals surface area contributed by atoms with Gasteiger partial charge in [0.1, 0.15) is 0 Å². The van der Waals surface area contributed by atoms with Crippen molar-refractivity contribution in [2.24, 2.45) is 5.41 Å². The summed E-state index contributed by atoms with van der Waals surface area (Å²) in [4.78, 5) is 26.4. The molecule has 23 heavy (non-hydrogen) atoms. The summed E-state index contributed by atoms with van der Waals surface area (Å²) in [6.07, 6.45) is 4.37. The molecule has 1 spiro atoms. The Balaban J connectivity index is 1.51.